The number of hydrogen-bond donors (Lipinski definition) is 2. The van der Waals surface area contributed by atoms with E-state index in [1.165, 1.54) is 18.2 Å². The van der Waals surface area contributed by atoms with Crippen molar-refractivity contribution in [2.75, 3.05) is 11.5 Å². The minimum atomic E-state index is -5.24. The van der Waals surface area contributed by atoms with Crippen LogP contribution < -0.4 is 11.5 Å². The van der Waals surface area contributed by atoms with Gasteiger partial charge in [-0.25, -0.2) is 0 Å². The fourth-order valence-electron chi connectivity index (χ4n) is 2.14. The van der Waals surface area contributed by atoms with Crippen LogP contribution in [0.2, 0.25) is 0 Å². The van der Waals surface area contributed by atoms with E-state index in [4.69, 9.17) is 11.5 Å². The number of rotatable bonds is 1. The van der Waals surface area contributed by atoms with Gasteiger partial charge in [-0.15, -0.1) is 0 Å². The summed E-state index contributed by atoms with van der Waals surface area (Å²) in [5, 5.41) is 0. The number of anilines is 2. The molecular weight excluding hydrogens is 310 g/mol. The van der Waals surface area contributed by atoms with E-state index < -0.39 is 29.2 Å². The maximum Gasteiger partial charge on any atom is 0.419 e. The van der Waals surface area contributed by atoms with Crippen LogP contribution >= 0.6 is 0 Å². The molecule has 0 atom stereocenters. The Bertz CT molecular complexity index is 703. The second-order valence-electron chi connectivity index (χ2n) is 4.53. The molecule has 8 heteroatoms. The summed E-state index contributed by atoms with van der Waals surface area (Å²) in [5.74, 6) is 0. The lowest BCUT2D eigenvalue weighted by Crippen LogP contribution is -2.19. The van der Waals surface area contributed by atoms with Crippen molar-refractivity contribution in [1.29, 1.82) is 0 Å². The van der Waals surface area contributed by atoms with Gasteiger partial charge in [0, 0.05) is 16.8 Å². The standard InChI is InChI=1S/C14H10F6N2/c15-13(16,17)9-6-5-8(7-3-1-2-4-10(7)21)12(22)11(9)14(18,19)20/h1-6H,21-22H2. The van der Waals surface area contributed by atoms with E-state index >= 15 is 0 Å². The molecule has 0 heterocycles. The van der Waals surface area contributed by atoms with E-state index in [0.29, 0.717) is 6.07 Å². The first kappa shape index (κ1) is 16.0. The molecule has 0 amide bonds. The number of alkyl halides is 6. The van der Waals surface area contributed by atoms with Gasteiger partial charge in [0.1, 0.15) is 0 Å². The van der Waals surface area contributed by atoms with Gasteiger partial charge in [0.2, 0.25) is 0 Å². The molecule has 0 bridgehead atoms. The number of benzene rings is 2. The first-order valence-electron chi connectivity index (χ1n) is 5.95. The topological polar surface area (TPSA) is 52.0 Å². The number of halogens is 6. The quantitative estimate of drug-likeness (QED) is 0.598. The van der Waals surface area contributed by atoms with Crippen molar-refractivity contribution in [3.63, 3.8) is 0 Å². The van der Waals surface area contributed by atoms with Crippen molar-refractivity contribution in [2.45, 2.75) is 12.4 Å². The molecular formula is C14H10F6N2. The second-order valence-corrected chi connectivity index (χ2v) is 4.53. The molecule has 118 valence electrons. The molecule has 0 unspecified atom stereocenters. The molecule has 0 aliphatic heterocycles. The molecule has 2 aromatic carbocycles. The Labute approximate surface area is 121 Å². The first-order valence-corrected chi connectivity index (χ1v) is 5.95. The third-order valence-corrected chi connectivity index (χ3v) is 3.09. The van der Waals surface area contributed by atoms with Crippen LogP contribution in [0.5, 0.6) is 0 Å². The summed E-state index contributed by atoms with van der Waals surface area (Å²) < 4.78 is 77.4. The lowest BCUT2D eigenvalue weighted by atomic mass is 9.95. The maximum absolute atomic E-state index is 13.0. The molecule has 4 N–H and O–H groups in total. The molecule has 2 aromatic rings. The fraction of sp³-hybridized carbons (Fsp3) is 0.143. The van der Waals surface area contributed by atoms with E-state index in [1.807, 2.05) is 0 Å². The van der Waals surface area contributed by atoms with E-state index in [2.05, 4.69) is 0 Å². The van der Waals surface area contributed by atoms with E-state index in [0.717, 1.165) is 6.07 Å². The lowest BCUT2D eigenvalue weighted by molar-refractivity contribution is -0.161. The van der Waals surface area contributed by atoms with Crippen LogP contribution in [-0.4, -0.2) is 0 Å². The van der Waals surface area contributed by atoms with Crippen molar-refractivity contribution < 1.29 is 26.3 Å². The van der Waals surface area contributed by atoms with Gasteiger partial charge < -0.3 is 11.5 Å². The fourth-order valence-corrected chi connectivity index (χ4v) is 2.14. The zero-order valence-electron chi connectivity index (χ0n) is 10.9. The van der Waals surface area contributed by atoms with Crippen LogP contribution in [0.3, 0.4) is 0 Å². The largest absolute Gasteiger partial charge is 0.419 e. The highest BCUT2D eigenvalue weighted by Gasteiger charge is 2.45. The van der Waals surface area contributed by atoms with Crippen LogP contribution in [0.4, 0.5) is 37.7 Å². The average molecular weight is 320 g/mol. The van der Waals surface area contributed by atoms with Crippen molar-refractivity contribution >= 4 is 11.4 Å². The highest BCUT2D eigenvalue weighted by Crippen LogP contribution is 2.46. The summed E-state index contributed by atoms with van der Waals surface area (Å²) in [6.07, 6.45) is -10.4. The summed E-state index contributed by atoms with van der Waals surface area (Å²) >= 11 is 0. The number of nitrogen functional groups attached to an aromatic ring is 2. The average Bonchev–Trinajstić information content (AvgIpc) is 2.37. The lowest BCUT2D eigenvalue weighted by Gasteiger charge is -2.20. The maximum atomic E-state index is 13.0. The van der Waals surface area contributed by atoms with E-state index in [-0.39, 0.29) is 16.8 Å². The monoisotopic (exact) mass is 320 g/mol. The van der Waals surface area contributed by atoms with Crippen LogP contribution in [0.25, 0.3) is 11.1 Å². The van der Waals surface area contributed by atoms with Gasteiger partial charge in [-0.05, 0) is 12.1 Å². The van der Waals surface area contributed by atoms with Gasteiger partial charge in [0.25, 0.3) is 0 Å². The van der Waals surface area contributed by atoms with Crippen LogP contribution in [-0.2, 0) is 12.4 Å². The summed E-state index contributed by atoms with van der Waals surface area (Å²) in [6, 6.07) is 7.09. The van der Waals surface area contributed by atoms with Crippen LogP contribution in [0.1, 0.15) is 11.1 Å². The Morgan fingerprint density at radius 3 is 1.77 bits per heavy atom. The zero-order chi connectivity index (χ0) is 16.7. The summed E-state index contributed by atoms with van der Waals surface area (Å²) in [6.45, 7) is 0. The van der Waals surface area contributed by atoms with E-state index in [1.54, 1.807) is 6.07 Å². The minimum Gasteiger partial charge on any atom is -0.398 e. The van der Waals surface area contributed by atoms with Crippen LogP contribution in [0.15, 0.2) is 36.4 Å². The predicted molar refractivity (Wildman–Crippen MR) is 70.7 cm³/mol. The van der Waals surface area contributed by atoms with Crippen molar-refractivity contribution in [1.82, 2.24) is 0 Å². The van der Waals surface area contributed by atoms with Crippen molar-refractivity contribution in [3.05, 3.63) is 47.5 Å². The first-order chi connectivity index (χ1) is 10.0. The van der Waals surface area contributed by atoms with Crippen LogP contribution in [0, 0.1) is 0 Å². The molecule has 0 aliphatic carbocycles. The molecule has 0 spiro atoms. The highest BCUT2D eigenvalue weighted by atomic mass is 19.4. The number of nitrogens with two attached hydrogens (primary N) is 2. The van der Waals surface area contributed by atoms with Crippen molar-refractivity contribution in [2.24, 2.45) is 0 Å². The summed E-state index contributed by atoms with van der Waals surface area (Å²) in [7, 11) is 0. The third kappa shape index (κ3) is 2.81. The number of para-hydroxylation sites is 1. The van der Waals surface area contributed by atoms with Gasteiger partial charge in [-0.2, -0.15) is 26.3 Å². The molecule has 0 radical (unpaired) electrons. The van der Waals surface area contributed by atoms with Gasteiger partial charge in [0.15, 0.2) is 0 Å². The molecule has 0 fully saturated rings. The normalized spacial score (nSPS) is 12.5. The van der Waals surface area contributed by atoms with Crippen molar-refractivity contribution in [3.8, 4) is 11.1 Å². The summed E-state index contributed by atoms with van der Waals surface area (Å²) in [5.41, 5.74) is 6.37. The number of hydrogen-bond acceptors (Lipinski definition) is 2. The molecule has 0 aromatic heterocycles. The Morgan fingerprint density at radius 1 is 0.682 bits per heavy atom. The molecule has 2 rings (SSSR count). The van der Waals surface area contributed by atoms with Gasteiger partial charge in [0.05, 0.1) is 16.8 Å². The zero-order valence-corrected chi connectivity index (χ0v) is 10.9. The Balaban J connectivity index is 2.80. The molecule has 22 heavy (non-hydrogen) atoms. The molecule has 2 nitrogen and oxygen atoms in total. The Hall–Kier alpha value is -2.38. The van der Waals surface area contributed by atoms with E-state index in [9.17, 15) is 26.3 Å². The highest BCUT2D eigenvalue weighted by molar-refractivity contribution is 5.86. The second kappa shape index (κ2) is 5.11. The summed E-state index contributed by atoms with van der Waals surface area (Å²) in [4.78, 5) is 0. The van der Waals surface area contributed by atoms with Gasteiger partial charge in [-0.3, -0.25) is 0 Å². The third-order valence-electron chi connectivity index (χ3n) is 3.09. The molecule has 0 saturated carbocycles. The minimum absolute atomic E-state index is 0.113. The Kier molecular flexibility index (Phi) is 3.72. The SMILES string of the molecule is Nc1ccccc1-c1ccc(C(F)(F)F)c(C(F)(F)F)c1N. The smallest absolute Gasteiger partial charge is 0.398 e. The molecule has 0 saturated heterocycles. The van der Waals surface area contributed by atoms with Gasteiger partial charge in [-0.1, -0.05) is 24.3 Å². The Morgan fingerprint density at radius 2 is 1.27 bits per heavy atom. The molecule has 0 aliphatic rings. The predicted octanol–water partition coefficient (Wildman–Crippen LogP) is 4.56. The van der Waals surface area contributed by atoms with Gasteiger partial charge >= 0.3 is 12.4 Å².